The van der Waals surface area contributed by atoms with E-state index in [0.29, 0.717) is 26.1 Å². The van der Waals surface area contributed by atoms with Gasteiger partial charge in [0.15, 0.2) is 0 Å². The molecule has 0 N–H and O–H groups in total. The van der Waals surface area contributed by atoms with Crippen LogP contribution in [-0.4, -0.2) is 19.4 Å². The van der Waals surface area contributed by atoms with Gasteiger partial charge in [-0.1, -0.05) is 26.2 Å². The summed E-state index contributed by atoms with van der Waals surface area (Å²) in [6.07, 6.45) is 1.29. The average molecular weight is 225 g/mol. The second-order valence-corrected chi connectivity index (χ2v) is 3.56. The van der Waals surface area contributed by atoms with Crippen molar-refractivity contribution in [2.24, 2.45) is 0 Å². The normalized spacial score (nSPS) is 12.0. The number of rotatable bonds is 9. The SMILES string of the molecule is CCCCCCOCCC[CH]C(F)(F)F. The molecule has 0 saturated carbocycles. The monoisotopic (exact) mass is 225 g/mol. The second kappa shape index (κ2) is 9.01. The fourth-order valence-electron chi connectivity index (χ4n) is 1.18. The van der Waals surface area contributed by atoms with Gasteiger partial charge >= 0.3 is 6.18 Å². The summed E-state index contributed by atoms with van der Waals surface area (Å²) in [5.74, 6) is 0. The van der Waals surface area contributed by atoms with Gasteiger partial charge in [-0.25, -0.2) is 0 Å². The molecule has 0 atom stereocenters. The zero-order chi connectivity index (χ0) is 11.6. The van der Waals surface area contributed by atoms with E-state index < -0.39 is 6.18 Å². The highest BCUT2D eigenvalue weighted by atomic mass is 19.4. The summed E-state index contributed by atoms with van der Waals surface area (Å²) in [6.45, 7) is 3.23. The molecule has 15 heavy (non-hydrogen) atoms. The van der Waals surface area contributed by atoms with Crippen LogP contribution in [0.1, 0.15) is 45.4 Å². The van der Waals surface area contributed by atoms with Crippen LogP contribution in [0.5, 0.6) is 0 Å². The maximum atomic E-state index is 11.7. The molecular formula is C11H20F3O. The molecule has 0 bridgehead atoms. The summed E-state index contributed by atoms with van der Waals surface area (Å²) in [4.78, 5) is 0. The Morgan fingerprint density at radius 2 is 1.67 bits per heavy atom. The molecule has 0 aromatic heterocycles. The van der Waals surface area contributed by atoms with Crippen molar-refractivity contribution >= 4 is 0 Å². The Morgan fingerprint density at radius 1 is 1.00 bits per heavy atom. The molecular weight excluding hydrogens is 205 g/mol. The number of alkyl halides is 3. The molecule has 0 heterocycles. The van der Waals surface area contributed by atoms with Crippen LogP contribution < -0.4 is 0 Å². The van der Waals surface area contributed by atoms with Gasteiger partial charge in [0.25, 0.3) is 0 Å². The highest BCUT2D eigenvalue weighted by Gasteiger charge is 2.26. The Morgan fingerprint density at radius 3 is 2.27 bits per heavy atom. The van der Waals surface area contributed by atoms with E-state index in [2.05, 4.69) is 6.92 Å². The summed E-state index contributed by atoms with van der Waals surface area (Å²) in [5, 5.41) is 0. The van der Waals surface area contributed by atoms with Crippen LogP contribution in [0.4, 0.5) is 13.2 Å². The van der Waals surface area contributed by atoms with E-state index in [-0.39, 0.29) is 6.42 Å². The van der Waals surface area contributed by atoms with Crippen LogP contribution in [0.15, 0.2) is 0 Å². The van der Waals surface area contributed by atoms with Crippen molar-refractivity contribution in [1.82, 2.24) is 0 Å². The first kappa shape index (κ1) is 14.8. The van der Waals surface area contributed by atoms with Crippen molar-refractivity contribution in [3.63, 3.8) is 0 Å². The van der Waals surface area contributed by atoms with Crippen molar-refractivity contribution < 1.29 is 17.9 Å². The number of halogens is 3. The number of hydrogen-bond donors (Lipinski definition) is 0. The molecule has 4 heteroatoms. The first-order valence-electron chi connectivity index (χ1n) is 5.55. The number of unbranched alkanes of at least 4 members (excludes halogenated alkanes) is 4. The zero-order valence-electron chi connectivity index (χ0n) is 9.28. The first-order valence-corrected chi connectivity index (χ1v) is 5.55. The van der Waals surface area contributed by atoms with Crippen molar-refractivity contribution in [3.05, 3.63) is 6.42 Å². The van der Waals surface area contributed by atoms with Crippen LogP contribution in [-0.2, 0) is 4.74 Å². The predicted molar refractivity (Wildman–Crippen MR) is 54.6 cm³/mol. The first-order chi connectivity index (χ1) is 7.06. The minimum Gasteiger partial charge on any atom is -0.381 e. The van der Waals surface area contributed by atoms with Crippen LogP contribution in [0.3, 0.4) is 0 Å². The van der Waals surface area contributed by atoms with Gasteiger partial charge in [0.2, 0.25) is 0 Å². The van der Waals surface area contributed by atoms with E-state index in [4.69, 9.17) is 4.74 Å². The number of ether oxygens (including phenoxy) is 1. The summed E-state index contributed by atoms with van der Waals surface area (Å²) in [7, 11) is 0. The van der Waals surface area contributed by atoms with Crippen LogP contribution >= 0.6 is 0 Å². The Labute approximate surface area is 90.0 Å². The minimum absolute atomic E-state index is 0.0540. The molecule has 0 aliphatic carbocycles. The lowest BCUT2D eigenvalue weighted by Crippen LogP contribution is -2.08. The predicted octanol–water partition coefficient (Wildman–Crippen LogP) is 4.13. The Hall–Kier alpha value is -0.250. The van der Waals surface area contributed by atoms with Gasteiger partial charge < -0.3 is 4.74 Å². The molecule has 0 saturated heterocycles. The van der Waals surface area contributed by atoms with E-state index in [1.165, 1.54) is 12.8 Å². The average Bonchev–Trinajstić information content (AvgIpc) is 2.14. The molecule has 0 unspecified atom stereocenters. The summed E-state index contributed by atoms with van der Waals surface area (Å²) in [6, 6.07) is 0. The van der Waals surface area contributed by atoms with Gasteiger partial charge in [-0.2, -0.15) is 13.2 Å². The summed E-state index contributed by atoms with van der Waals surface area (Å²) < 4.78 is 40.2. The number of hydrogen-bond acceptors (Lipinski definition) is 1. The van der Waals surface area contributed by atoms with Crippen molar-refractivity contribution in [2.75, 3.05) is 13.2 Å². The van der Waals surface area contributed by atoms with Gasteiger partial charge in [0.05, 0.1) is 6.42 Å². The standard InChI is InChI=1S/C11H20F3O/c1-2-3-4-6-9-15-10-7-5-8-11(12,13)14/h8H,2-7,9-10H2,1H3. The van der Waals surface area contributed by atoms with E-state index in [9.17, 15) is 13.2 Å². The van der Waals surface area contributed by atoms with E-state index >= 15 is 0 Å². The topological polar surface area (TPSA) is 9.23 Å². The molecule has 0 aliphatic heterocycles. The lowest BCUT2D eigenvalue weighted by Gasteiger charge is -2.06. The Bertz CT molecular complexity index is 134. The van der Waals surface area contributed by atoms with Gasteiger partial charge in [0.1, 0.15) is 0 Å². The van der Waals surface area contributed by atoms with Gasteiger partial charge in [-0.05, 0) is 19.3 Å². The maximum Gasteiger partial charge on any atom is 0.392 e. The van der Waals surface area contributed by atoms with E-state index in [1.54, 1.807) is 0 Å². The molecule has 0 rings (SSSR count). The van der Waals surface area contributed by atoms with Crippen molar-refractivity contribution in [2.45, 2.75) is 51.6 Å². The third-order valence-electron chi connectivity index (χ3n) is 2.01. The second-order valence-electron chi connectivity index (χ2n) is 3.56. The highest BCUT2D eigenvalue weighted by Crippen LogP contribution is 2.20. The minimum atomic E-state index is -4.14. The Kier molecular flexibility index (Phi) is 8.86. The molecule has 0 aromatic carbocycles. The zero-order valence-corrected chi connectivity index (χ0v) is 9.28. The fraction of sp³-hybridized carbons (Fsp3) is 0.909. The lowest BCUT2D eigenvalue weighted by molar-refractivity contribution is -0.0987. The van der Waals surface area contributed by atoms with Crippen LogP contribution in [0, 0.1) is 6.42 Å². The fourth-order valence-corrected chi connectivity index (χ4v) is 1.18. The van der Waals surface area contributed by atoms with E-state index in [1.807, 2.05) is 0 Å². The van der Waals surface area contributed by atoms with E-state index in [0.717, 1.165) is 12.8 Å². The maximum absolute atomic E-state index is 11.7. The summed E-state index contributed by atoms with van der Waals surface area (Å²) >= 11 is 0. The van der Waals surface area contributed by atoms with Crippen LogP contribution in [0.25, 0.3) is 0 Å². The van der Waals surface area contributed by atoms with Crippen molar-refractivity contribution in [1.29, 1.82) is 0 Å². The molecule has 1 radical (unpaired) electrons. The van der Waals surface area contributed by atoms with Gasteiger partial charge in [0, 0.05) is 13.2 Å². The summed E-state index contributed by atoms with van der Waals surface area (Å²) in [5.41, 5.74) is 0. The molecule has 1 nitrogen and oxygen atoms in total. The quantitative estimate of drug-likeness (QED) is 0.536. The molecule has 0 aliphatic rings. The smallest absolute Gasteiger partial charge is 0.381 e. The third-order valence-corrected chi connectivity index (χ3v) is 2.01. The van der Waals surface area contributed by atoms with Crippen molar-refractivity contribution in [3.8, 4) is 0 Å². The lowest BCUT2D eigenvalue weighted by atomic mass is 10.2. The third kappa shape index (κ3) is 13.8. The molecule has 0 amide bonds. The van der Waals surface area contributed by atoms with Gasteiger partial charge in [-0.3, -0.25) is 0 Å². The Balaban J connectivity index is 2.99. The molecule has 0 spiro atoms. The largest absolute Gasteiger partial charge is 0.392 e. The molecule has 0 aromatic rings. The highest BCUT2D eigenvalue weighted by molar-refractivity contribution is 4.73. The van der Waals surface area contributed by atoms with Gasteiger partial charge in [-0.15, -0.1) is 0 Å². The van der Waals surface area contributed by atoms with Crippen LogP contribution in [0.2, 0.25) is 0 Å². The molecule has 91 valence electrons. The molecule has 0 fully saturated rings.